The maximum absolute atomic E-state index is 3.95. The van der Waals surface area contributed by atoms with Gasteiger partial charge in [-0.2, -0.15) is 0 Å². The SMILES string of the molecule is CC.CC.Cc1ccccc1C1C=C(C2=CC=C(C3=CC(c4ccc5ccccc5c4)Nc4ccc(C5=CC6=C(C=CCC6)CC5)cc43)CC2)NC(c2ccccc2)N1. The van der Waals surface area contributed by atoms with Crippen LogP contribution in [0.3, 0.4) is 0 Å². The van der Waals surface area contributed by atoms with Gasteiger partial charge in [0.15, 0.2) is 0 Å². The van der Waals surface area contributed by atoms with E-state index in [-0.39, 0.29) is 18.2 Å². The van der Waals surface area contributed by atoms with Gasteiger partial charge in [-0.05, 0) is 148 Å². The molecule has 0 saturated carbocycles. The Labute approximate surface area is 352 Å². The highest BCUT2D eigenvalue weighted by molar-refractivity contribution is 5.92. The lowest BCUT2D eigenvalue weighted by Gasteiger charge is -2.35. The fraction of sp³-hybridized carbons (Fsp3) is 0.250. The van der Waals surface area contributed by atoms with Gasteiger partial charge in [-0.1, -0.05) is 155 Å². The van der Waals surface area contributed by atoms with Crippen LogP contribution in [0, 0.1) is 6.92 Å². The number of fused-ring (bicyclic) bond motifs is 2. The molecule has 5 aliphatic rings. The largest absolute Gasteiger partial charge is 0.374 e. The van der Waals surface area contributed by atoms with E-state index in [9.17, 15) is 0 Å². The van der Waals surface area contributed by atoms with Crippen molar-refractivity contribution in [2.45, 2.75) is 91.4 Å². The van der Waals surface area contributed by atoms with Gasteiger partial charge in [0.2, 0.25) is 0 Å². The number of rotatable bonds is 6. The highest BCUT2D eigenvalue weighted by atomic mass is 15.2. The molecule has 0 amide bonds. The van der Waals surface area contributed by atoms with Crippen molar-refractivity contribution in [2.24, 2.45) is 0 Å². The molecule has 0 bridgehead atoms. The monoisotopic (exact) mass is 773 g/mol. The van der Waals surface area contributed by atoms with E-state index in [0.29, 0.717) is 0 Å². The van der Waals surface area contributed by atoms with Crippen LogP contribution in [0.5, 0.6) is 0 Å². The second-order valence-corrected chi connectivity index (χ2v) is 15.7. The van der Waals surface area contributed by atoms with Gasteiger partial charge in [0.1, 0.15) is 6.17 Å². The average Bonchev–Trinajstić information content (AvgIpc) is 3.32. The van der Waals surface area contributed by atoms with Crippen LogP contribution in [-0.2, 0) is 0 Å². The third-order valence-electron chi connectivity index (χ3n) is 12.3. The van der Waals surface area contributed by atoms with Gasteiger partial charge in [0.05, 0.1) is 12.1 Å². The van der Waals surface area contributed by atoms with Crippen molar-refractivity contribution < 1.29 is 0 Å². The van der Waals surface area contributed by atoms with Crippen molar-refractivity contribution in [3.05, 3.63) is 219 Å². The van der Waals surface area contributed by atoms with Crippen LogP contribution in [0.2, 0.25) is 0 Å². The number of hydrogen-bond donors (Lipinski definition) is 3. The predicted octanol–water partition coefficient (Wildman–Crippen LogP) is 14.7. The maximum atomic E-state index is 3.95. The molecule has 2 aliphatic heterocycles. The summed E-state index contributed by atoms with van der Waals surface area (Å²) in [7, 11) is 0. The molecule has 298 valence electrons. The molecule has 3 atom stereocenters. The fourth-order valence-corrected chi connectivity index (χ4v) is 9.21. The number of aryl methyl sites for hydroxylation is 1. The first-order valence-corrected chi connectivity index (χ1v) is 22.1. The third-order valence-corrected chi connectivity index (χ3v) is 12.3. The molecule has 2 heterocycles. The van der Waals surface area contributed by atoms with Crippen LogP contribution < -0.4 is 16.0 Å². The molecule has 0 radical (unpaired) electrons. The standard InChI is InChI=1S/C52H47N3.2C2H6/c1-34-11-5-10-18-45(34)51-33-50(54-52(55-51)39-14-3-2-4-15-39)38-23-21-37(22-24-38)46-32-49(44-26-20-36-13-7-9-17-41(36)30-44)53-48-28-27-43(31-47(46)48)42-25-19-35-12-6-8-16-40(35)29-42;2*1-2/h2-7,9-15,17-18,20-21,23,26-33,49,51-55H,8,16,19,22,24-25H2,1H3;2*1-2H3. The van der Waals surface area contributed by atoms with Gasteiger partial charge < -0.3 is 10.6 Å². The maximum Gasteiger partial charge on any atom is 0.104 e. The summed E-state index contributed by atoms with van der Waals surface area (Å²) in [4.78, 5) is 0. The Hall–Kier alpha value is -5.90. The molecular weight excluding hydrogens is 715 g/mol. The molecule has 10 rings (SSSR count). The van der Waals surface area contributed by atoms with Crippen LogP contribution in [0.1, 0.15) is 118 Å². The van der Waals surface area contributed by atoms with Gasteiger partial charge >= 0.3 is 0 Å². The number of benzene rings is 5. The van der Waals surface area contributed by atoms with Crippen LogP contribution in [-0.4, -0.2) is 0 Å². The zero-order valence-corrected chi connectivity index (χ0v) is 35.5. The van der Waals surface area contributed by atoms with Crippen molar-refractivity contribution in [2.75, 3.05) is 5.32 Å². The quantitative estimate of drug-likeness (QED) is 0.161. The van der Waals surface area contributed by atoms with Gasteiger partial charge in [-0.15, -0.1) is 0 Å². The van der Waals surface area contributed by atoms with E-state index in [1.165, 1.54) is 89.0 Å². The zero-order chi connectivity index (χ0) is 40.7. The second kappa shape index (κ2) is 18.4. The number of allylic oxidation sites excluding steroid dienone is 11. The minimum absolute atomic E-state index is 0.0165. The Kier molecular flexibility index (Phi) is 12.4. The fourth-order valence-electron chi connectivity index (χ4n) is 9.21. The lowest BCUT2D eigenvalue weighted by Crippen LogP contribution is -2.40. The van der Waals surface area contributed by atoms with E-state index in [4.69, 9.17) is 0 Å². The van der Waals surface area contributed by atoms with Gasteiger partial charge in [0, 0.05) is 16.9 Å². The first-order chi connectivity index (χ1) is 29.1. The van der Waals surface area contributed by atoms with Gasteiger partial charge in [-0.3, -0.25) is 5.32 Å². The number of anilines is 1. The Balaban J connectivity index is 0.00000118. The van der Waals surface area contributed by atoms with Crippen molar-refractivity contribution in [1.82, 2.24) is 10.6 Å². The van der Waals surface area contributed by atoms with Crippen molar-refractivity contribution in [3.8, 4) is 0 Å². The molecular formula is C56H59N3. The van der Waals surface area contributed by atoms with Crippen molar-refractivity contribution in [1.29, 1.82) is 0 Å². The first-order valence-electron chi connectivity index (χ1n) is 22.1. The van der Waals surface area contributed by atoms with E-state index < -0.39 is 0 Å². The summed E-state index contributed by atoms with van der Waals surface area (Å²) in [6.07, 6.45) is 23.3. The molecule has 3 nitrogen and oxygen atoms in total. The van der Waals surface area contributed by atoms with Crippen LogP contribution >= 0.6 is 0 Å². The van der Waals surface area contributed by atoms with E-state index >= 15 is 0 Å². The summed E-state index contributed by atoms with van der Waals surface area (Å²) in [6.45, 7) is 10.2. The van der Waals surface area contributed by atoms with Crippen LogP contribution in [0.25, 0.3) is 21.9 Å². The Morgan fingerprint density at radius 3 is 2.12 bits per heavy atom. The highest BCUT2D eigenvalue weighted by Gasteiger charge is 2.28. The van der Waals surface area contributed by atoms with E-state index in [2.05, 4.69) is 181 Å². The molecule has 3 N–H and O–H groups in total. The summed E-state index contributed by atoms with van der Waals surface area (Å²) in [6, 6.07) is 42.4. The molecule has 5 aromatic carbocycles. The predicted molar refractivity (Wildman–Crippen MR) is 253 cm³/mol. The summed E-state index contributed by atoms with van der Waals surface area (Å²) in [5.41, 5.74) is 18.9. The molecule has 3 aliphatic carbocycles. The molecule has 3 heteroatoms. The van der Waals surface area contributed by atoms with Gasteiger partial charge in [-0.25, -0.2) is 0 Å². The normalized spacial score (nSPS) is 20.6. The molecule has 0 saturated heterocycles. The summed E-state index contributed by atoms with van der Waals surface area (Å²) >= 11 is 0. The van der Waals surface area contributed by atoms with Gasteiger partial charge in [0.25, 0.3) is 0 Å². The minimum Gasteiger partial charge on any atom is -0.374 e. The topological polar surface area (TPSA) is 36.1 Å². The first kappa shape index (κ1) is 39.9. The van der Waals surface area contributed by atoms with Crippen molar-refractivity contribution in [3.63, 3.8) is 0 Å². The lowest BCUT2D eigenvalue weighted by atomic mass is 9.81. The lowest BCUT2D eigenvalue weighted by molar-refractivity contribution is 0.417. The third kappa shape index (κ3) is 8.49. The Bertz CT molecular complexity index is 2540. The zero-order valence-electron chi connectivity index (χ0n) is 35.5. The van der Waals surface area contributed by atoms with Crippen LogP contribution in [0.4, 0.5) is 5.69 Å². The summed E-state index contributed by atoms with van der Waals surface area (Å²) < 4.78 is 0. The van der Waals surface area contributed by atoms with E-state index in [1.54, 1.807) is 0 Å². The highest BCUT2D eigenvalue weighted by Crippen LogP contribution is 2.45. The Morgan fingerprint density at radius 1 is 0.559 bits per heavy atom. The average molecular weight is 774 g/mol. The molecule has 5 aromatic rings. The summed E-state index contributed by atoms with van der Waals surface area (Å²) in [5.74, 6) is 0. The Morgan fingerprint density at radius 2 is 1.31 bits per heavy atom. The second-order valence-electron chi connectivity index (χ2n) is 15.7. The minimum atomic E-state index is 0.0165. The molecule has 0 spiro atoms. The summed E-state index contributed by atoms with van der Waals surface area (Å²) in [5, 5.41) is 14.3. The number of hydrogen-bond acceptors (Lipinski definition) is 3. The van der Waals surface area contributed by atoms with Crippen LogP contribution in [0.15, 0.2) is 186 Å². The smallest absolute Gasteiger partial charge is 0.104 e. The molecule has 59 heavy (non-hydrogen) atoms. The molecule has 0 aromatic heterocycles. The molecule has 3 unspecified atom stereocenters. The van der Waals surface area contributed by atoms with E-state index in [1.807, 2.05) is 27.7 Å². The van der Waals surface area contributed by atoms with Crippen molar-refractivity contribution >= 4 is 27.6 Å². The van der Waals surface area contributed by atoms with E-state index in [0.717, 1.165) is 38.5 Å². The number of nitrogens with one attached hydrogen (secondary N) is 3. The molecule has 0 fully saturated rings.